The third-order valence-electron chi connectivity index (χ3n) is 4.21. The van der Waals surface area contributed by atoms with Gasteiger partial charge in [0.1, 0.15) is 11.3 Å². The molecule has 1 heterocycles. The van der Waals surface area contributed by atoms with Crippen LogP contribution >= 0.6 is 0 Å². The minimum atomic E-state index is -0.580. The SMILES string of the molecule is [NH3+]OC(=O)c1ccccc1-c1c2ccc(=O)cc-2oc2cc([O-])ccc12.[Na+]. The fraction of sp³-hybridized carbons (Fsp3) is 0. The van der Waals surface area contributed by atoms with Crippen LogP contribution in [-0.2, 0) is 4.84 Å². The second kappa shape index (κ2) is 7.54. The van der Waals surface area contributed by atoms with Crippen LogP contribution in [-0.4, -0.2) is 5.97 Å². The van der Waals surface area contributed by atoms with Crippen molar-refractivity contribution in [2.24, 2.45) is 0 Å². The summed E-state index contributed by atoms with van der Waals surface area (Å²) in [6.45, 7) is 0. The molecule has 0 fully saturated rings. The number of benzene rings is 3. The van der Waals surface area contributed by atoms with E-state index in [1.54, 1.807) is 36.4 Å². The zero-order valence-corrected chi connectivity index (χ0v) is 16.5. The van der Waals surface area contributed by atoms with Crippen molar-refractivity contribution in [2.75, 3.05) is 0 Å². The fourth-order valence-electron chi connectivity index (χ4n) is 3.10. The van der Waals surface area contributed by atoms with Crippen molar-refractivity contribution in [3.63, 3.8) is 0 Å². The van der Waals surface area contributed by atoms with Crippen LogP contribution < -0.4 is 46.0 Å². The van der Waals surface area contributed by atoms with E-state index in [2.05, 4.69) is 10.7 Å². The van der Waals surface area contributed by atoms with Crippen LogP contribution in [0.15, 0.2) is 69.9 Å². The zero-order chi connectivity index (χ0) is 18.3. The van der Waals surface area contributed by atoms with Gasteiger partial charge in [0.05, 0.1) is 5.56 Å². The summed E-state index contributed by atoms with van der Waals surface area (Å²) in [5.74, 6) is 2.74. The minimum Gasteiger partial charge on any atom is -0.872 e. The van der Waals surface area contributed by atoms with E-state index in [1.165, 1.54) is 24.3 Å². The molecular weight excluding hydrogens is 357 g/mol. The maximum atomic E-state index is 12.2. The van der Waals surface area contributed by atoms with Gasteiger partial charge < -0.3 is 9.52 Å². The van der Waals surface area contributed by atoms with E-state index in [0.29, 0.717) is 39.0 Å². The summed E-state index contributed by atoms with van der Waals surface area (Å²) in [5.41, 5.74) is 2.39. The molecule has 128 valence electrons. The smallest absolute Gasteiger partial charge is 0.872 e. The summed E-state index contributed by atoms with van der Waals surface area (Å²) in [6, 6.07) is 15.8. The topological polar surface area (TPSA) is 107 Å². The van der Waals surface area contributed by atoms with Crippen LogP contribution in [0.4, 0.5) is 0 Å². The van der Waals surface area contributed by atoms with E-state index in [9.17, 15) is 14.7 Å². The zero-order valence-electron chi connectivity index (χ0n) is 14.5. The molecule has 27 heavy (non-hydrogen) atoms. The van der Waals surface area contributed by atoms with Crippen molar-refractivity contribution in [1.82, 2.24) is 0 Å². The first-order valence-corrected chi connectivity index (χ1v) is 7.82. The quantitative estimate of drug-likeness (QED) is 0.275. The van der Waals surface area contributed by atoms with Gasteiger partial charge in [-0.3, -0.25) is 9.63 Å². The van der Waals surface area contributed by atoms with Crippen molar-refractivity contribution in [2.45, 2.75) is 0 Å². The molecule has 0 amide bonds. The Labute approximate surface area is 175 Å². The molecule has 0 spiro atoms. The number of hydrogen-bond donors (Lipinski definition) is 1. The van der Waals surface area contributed by atoms with Crippen molar-refractivity contribution in [3.8, 4) is 28.2 Å². The summed E-state index contributed by atoms with van der Waals surface area (Å²) in [6.07, 6.45) is 0. The molecule has 2 aromatic carbocycles. The molecule has 2 aliphatic rings. The summed E-state index contributed by atoms with van der Waals surface area (Å²) in [7, 11) is 0. The van der Waals surface area contributed by atoms with Gasteiger partial charge in [0.15, 0.2) is 5.43 Å². The van der Waals surface area contributed by atoms with Gasteiger partial charge in [0.2, 0.25) is 0 Å². The average molecular weight is 370 g/mol. The van der Waals surface area contributed by atoms with E-state index in [1.807, 2.05) is 0 Å². The molecule has 0 radical (unpaired) electrons. The predicted octanol–water partition coefficient (Wildman–Crippen LogP) is -1.04. The summed E-state index contributed by atoms with van der Waals surface area (Å²) in [4.78, 5) is 28.6. The maximum Gasteiger partial charge on any atom is 1.00 e. The standard InChI is InChI=1S/C20H13NO5.Na/c21-26-20(24)14-4-2-1-3-13(14)19-15-7-5-11(22)9-17(15)25-18-10-12(23)6-8-16(18)19;/h1-10H,21H3;/q;+1. The van der Waals surface area contributed by atoms with Crippen molar-refractivity contribution in [1.29, 1.82) is 0 Å². The maximum absolute atomic E-state index is 12.2. The Morgan fingerprint density at radius 1 is 1.00 bits per heavy atom. The first-order chi connectivity index (χ1) is 12.6. The van der Waals surface area contributed by atoms with Gasteiger partial charge in [-0.1, -0.05) is 30.3 Å². The van der Waals surface area contributed by atoms with Crippen LogP contribution in [0.3, 0.4) is 0 Å². The molecule has 7 heteroatoms. The van der Waals surface area contributed by atoms with Crippen LogP contribution in [0, 0.1) is 0 Å². The van der Waals surface area contributed by atoms with E-state index >= 15 is 0 Å². The number of fused-ring (bicyclic) bond motifs is 2. The second-order valence-corrected chi connectivity index (χ2v) is 5.77. The Bertz CT molecular complexity index is 1180. The number of rotatable bonds is 2. The van der Waals surface area contributed by atoms with Gasteiger partial charge >= 0.3 is 35.5 Å². The first kappa shape index (κ1) is 19.1. The van der Waals surface area contributed by atoms with Gasteiger partial charge in [0, 0.05) is 22.6 Å². The molecule has 0 aromatic heterocycles. The molecule has 1 aliphatic carbocycles. The second-order valence-electron chi connectivity index (χ2n) is 5.77. The van der Waals surface area contributed by atoms with Crippen LogP contribution in [0.2, 0.25) is 0 Å². The third-order valence-corrected chi connectivity index (χ3v) is 4.21. The molecule has 2 aromatic rings. The normalized spacial score (nSPS) is 10.6. The Morgan fingerprint density at radius 2 is 1.78 bits per heavy atom. The molecule has 1 aliphatic heterocycles. The van der Waals surface area contributed by atoms with E-state index in [4.69, 9.17) is 4.42 Å². The molecule has 3 N–H and O–H groups in total. The van der Waals surface area contributed by atoms with E-state index in [-0.39, 0.29) is 40.7 Å². The Hall–Kier alpha value is -2.64. The minimum absolute atomic E-state index is 0. The van der Waals surface area contributed by atoms with Gasteiger partial charge in [-0.2, -0.15) is 5.90 Å². The van der Waals surface area contributed by atoms with Gasteiger partial charge in [-0.05, 0) is 29.8 Å². The molecule has 0 atom stereocenters. The third kappa shape index (κ3) is 3.36. The van der Waals surface area contributed by atoms with Gasteiger partial charge in [0.25, 0.3) is 0 Å². The predicted molar refractivity (Wildman–Crippen MR) is 92.3 cm³/mol. The number of quaternary nitrogens is 1. The van der Waals surface area contributed by atoms with Crippen LogP contribution in [0.25, 0.3) is 33.4 Å². The van der Waals surface area contributed by atoms with E-state index in [0.717, 1.165) is 0 Å². The number of carbonyl (C=O) groups is 1. The molecule has 6 nitrogen and oxygen atoms in total. The van der Waals surface area contributed by atoms with Crippen LogP contribution in [0.5, 0.6) is 5.75 Å². The van der Waals surface area contributed by atoms with Crippen LogP contribution in [0.1, 0.15) is 10.4 Å². The number of carbonyl (C=O) groups excluding carboxylic acids is 1. The van der Waals surface area contributed by atoms with Crippen molar-refractivity contribution >= 4 is 16.9 Å². The summed E-state index contributed by atoms with van der Waals surface area (Å²) in [5, 5.41) is 12.4. The molecular formula is C20H13NNaO5+. The summed E-state index contributed by atoms with van der Waals surface area (Å²) < 4.78 is 5.77. The molecule has 4 rings (SSSR count). The first-order valence-electron chi connectivity index (χ1n) is 7.82. The van der Waals surface area contributed by atoms with E-state index < -0.39 is 5.97 Å². The van der Waals surface area contributed by atoms with Gasteiger partial charge in [-0.25, -0.2) is 4.79 Å². The monoisotopic (exact) mass is 370 g/mol. The van der Waals surface area contributed by atoms with Crippen molar-refractivity contribution in [3.05, 3.63) is 76.5 Å². The fourth-order valence-corrected chi connectivity index (χ4v) is 3.10. The summed E-state index contributed by atoms with van der Waals surface area (Å²) >= 11 is 0. The Balaban J connectivity index is 0.00000210. The molecule has 0 saturated heterocycles. The Kier molecular flexibility index (Phi) is 5.34. The molecule has 0 bridgehead atoms. The number of hydrogen-bond acceptors (Lipinski definition) is 5. The largest absolute Gasteiger partial charge is 1.00 e. The molecule has 0 saturated carbocycles. The Morgan fingerprint density at radius 3 is 2.56 bits per heavy atom. The average Bonchev–Trinajstić information content (AvgIpc) is 2.65. The molecule has 0 unspecified atom stereocenters. The van der Waals surface area contributed by atoms with Crippen molar-refractivity contribution < 1.29 is 54.6 Å². The van der Waals surface area contributed by atoms with Gasteiger partial charge in [-0.15, -0.1) is 5.75 Å².